The summed E-state index contributed by atoms with van der Waals surface area (Å²) in [7, 11) is 0. The fourth-order valence-electron chi connectivity index (χ4n) is 1.63. The number of nitrogens with two attached hydrogens (primary N) is 1. The zero-order chi connectivity index (χ0) is 14.7. The third-order valence-corrected chi connectivity index (χ3v) is 2.52. The van der Waals surface area contributed by atoms with Crippen molar-refractivity contribution in [3.63, 3.8) is 0 Å². The van der Waals surface area contributed by atoms with Crippen LogP contribution in [0.3, 0.4) is 0 Å². The van der Waals surface area contributed by atoms with Crippen molar-refractivity contribution in [2.45, 2.75) is 6.54 Å². The predicted octanol–water partition coefficient (Wildman–Crippen LogP) is 3.12. The second kappa shape index (κ2) is 5.62. The second-order valence-corrected chi connectivity index (χ2v) is 3.97. The summed E-state index contributed by atoms with van der Waals surface area (Å²) in [6.45, 7) is 0.128. The molecule has 2 aromatic rings. The van der Waals surface area contributed by atoms with Gasteiger partial charge in [0.1, 0.15) is 17.3 Å². The van der Waals surface area contributed by atoms with Crippen molar-refractivity contribution in [1.82, 2.24) is 0 Å². The maximum absolute atomic E-state index is 13.4. The van der Waals surface area contributed by atoms with Gasteiger partial charge in [0.15, 0.2) is 0 Å². The lowest BCUT2D eigenvalue weighted by atomic mass is 10.2. The van der Waals surface area contributed by atoms with Gasteiger partial charge in [-0.15, -0.1) is 0 Å². The van der Waals surface area contributed by atoms with Crippen LogP contribution in [-0.2, 0) is 6.54 Å². The molecule has 0 aromatic heterocycles. The van der Waals surface area contributed by atoms with E-state index in [2.05, 4.69) is 0 Å². The van der Waals surface area contributed by atoms with Gasteiger partial charge in [-0.2, -0.15) is 4.39 Å². The lowest BCUT2D eigenvalue weighted by Crippen LogP contribution is -1.98. The summed E-state index contributed by atoms with van der Waals surface area (Å²) in [6, 6.07) is 6.94. The molecule has 0 amide bonds. The Labute approximate surface area is 112 Å². The number of hydrogen-bond acceptors (Lipinski definition) is 4. The Morgan fingerprint density at radius 2 is 1.90 bits per heavy atom. The Morgan fingerprint density at radius 1 is 1.15 bits per heavy atom. The first-order valence-electron chi connectivity index (χ1n) is 5.61. The molecule has 0 unspecified atom stereocenters. The number of halogens is 2. The maximum Gasteiger partial charge on any atom is 0.305 e. The van der Waals surface area contributed by atoms with Crippen LogP contribution in [0.5, 0.6) is 11.5 Å². The minimum Gasteiger partial charge on any atom is -0.457 e. The van der Waals surface area contributed by atoms with E-state index in [1.54, 1.807) is 0 Å². The van der Waals surface area contributed by atoms with Crippen LogP contribution in [0.1, 0.15) is 5.56 Å². The summed E-state index contributed by atoms with van der Waals surface area (Å²) >= 11 is 0. The monoisotopic (exact) mass is 280 g/mol. The number of nitro groups is 1. The van der Waals surface area contributed by atoms with Gasteiger partial charge in [0.05, 0.1) is 4.92 Å². The van der Waals surface area contributed by atoms with Gasteiger partial charge in [0, 0.05) is 24.7 Å². The summed E-state index contributed by atoms with van der Waals surface area (Å²) in [4.78, 5) is 9.64. The van der Waals surface area contributed by atoms with Gasteiger partial charge in [-0.1, -0.05) is 0 Å². The highest BCUT2D eigenvalue weighted by molar-refractivity contribution is 5.41. The Bertz CT molecular complexity index is 662. The van der Waals surface area contributed by atoms with Crippen molar-refractivity contribution in [2.75, 3.05) is 0 Å². The third-order valence-electron chi connectivity index (χ3n) is 2.52. The first kappa shape index (κ1) is 13.9. The number of benzene rings is 2. The summed E-state index contributed by atoms with van der Waals surface area (Å²) in [5.41, 5.74) is 5.26. The van der Waals surface area contributed by atoms with E-state index < -0.39 is 22.2 Å². The first-order chi connectivity index (χ1) is 9.49. The molecule has 2 N–H and O–H groups in total. The van der Waals surface area contributed by atoms with E-state index in [9.17, 15) is 18.9 Å². The SMILES string of the molecule is NCc1cc(F)cc(Oc2ccc([N+](=O)[O-])c(F)c2)c1. The molecule has 2 rings (SSSR count). The predicted molar refractivity (Wildman–Crippen MR) is 67.4 cm³/mol. The van der Waals surface area contributed by atoms with Crippen molar-refractivity contribution < 1.29 is 18.4 Å². The molecular weight excluding hydrogens is 270 g/mol. The van der Waals surface area contributed by atoms with Gasteiger partial charge in [-0.05, 0) is 23.8 Å². The lowest BCUT2D eigenvalue weighted by molar-refractivity contribution is -0.387. The second-order valence-electron chi connectivity index (χ2n) is 3.97. The summed E-state index contributed by atoms with van der Waals surface area (Å²) in [5.74, 6) is -1.39. The molecule has 0 bridgehead atoms. The topological polar surface area (TPSA) is 78.4 Å². The number of ether oxygens (including phenoxy) is 1. The highest BCUT2D eigenvalue weighted by Crippen LogP contribution is 2.27. The average molecular weight is 280 g/mol. The van der Waals surface area contributed by atoms with Gasteiger partial charge in [-0.3, -0.25) is 10.1 Å². The largest absolute Gasteiger partial charge is 0.457 e. The molecule has 0 spiro atoms. The molecule has 0 heterocycles. The Hall–Kier alpha value is -2.54. The van der Waals surface area contributed by atoms with Crippen molar-refractivity contribution in [1.29, 1.82) is 0 Å². The zero-order valence-electron chi connectivity index (χ0n) is 10.2. The quantitative estimate of drug-likeness (QED) is 0.689. The van der Waals surface area contributed by atoms with Crippen molar-refractivity contribution in [2.24, 2.45) is 5.73 Å². The number of nitrogens with zero attached hydrogens (tertiary/aromatic N) is 1. The van der Waals surface area contributed by atoms with Crippen LogP contribution < -0.4 is 10.5 Å². The van der Waals surface area contributed by atoms with Crippen molar-refractivity contribution in [3.05, 3.63) is 63.7 Å². The maximum atomic E-state index is 13.4. The van der Waals surface area contributed by atoms with Gasteiger partial charge < -0.3 is 10.5 Å². The zero-order valence-corrected chi connectivity index (χ0v) is 10.2. The van der Waals surface area contributed by atoms with Crippen molar-refractivity contribution in [3.8, 4) is 11.5 Å². The Kier molecular flexibility index (Phi) is 3.90. The number of hydrogen-bond donors (Lipinski definition) is 1. The van der Waals surface area contributed by atoms with Crippen LogP contribution in [0.2, 0.25) is 0 Å². The van der Waals surface area contributed by atoms with E-state index in [4.69, 9.17) is 10.5 Å². The average Bonchev–Trinajstić information content (AvgIpc) is 2.37. The fraction of sp³-hybridized carbons (Fsp3) is 0.0769. The highest BCUT2D eigenvalue weighted by atomic mass is 19.1. The summed E-state index contributed by atoms with van der Waals surface area (Å²) in [5, 5.41) is 10.5. The molecule has 0 saturated carbocycles. The molecule has 0 aliphatic heterocycles. The van der Waals surface area contributed by atoms with Crippen LogP contribution in [0.15, 0.2) is 36.4 Å². The molecule has 5 nitrogen and oxygen atoms in total. The third kappa shape index (κ3) is 3.07. The molecule has 0 saturated heterocycles. The minimum absolute atomic E-state index is 0.0293. The molecule has 7 heteroatoms. The number of rotatable bonds is 4. The van der Waals surface area contributed by atoms with Crippen LogP contribution in [0.4, 0.5) is 14.5 Å². The molecule has 0 fully saturated rings. The molecule has 0 radical (unpaired) electrons. The Balaban J connectivity index is 2.28. The molecule has 20 heavy (non-hydrogen) atoms. The minimum atomic E-state index is -1.03. The van der Waals surface area contributed by atoms with E-state index in [1.807, 2.05) is 0 Å². The van der Waals surface area contributed by atoms with Gasteiger partial charge in [-0.25, -0.2) is 4.39 Å². The van der Waals surface area contributed by atoms with Crippen molar-refractivity contribution >= 4 is 5.69 Å². The smallest absolute Gasteiger partial charge is 0.305 e. The van der Waals surface area contributed by atoms with Crippen LogP contribution in [0, 0.1) is 21.7 Å². The van der Waals surface area contributed by atoms with Gasteiger partial charge >= 0.3 is 5.69 Å². The van der Waals surface area contributed by atoms with E-state index in [1.165, 1.54) is 18.2 Å². The number of nitro benzene ring substituents is 1. The summed E-state index contributed by atoms with van der Waals surface area (Å²) in [6.07, 6.45) is 0. The Morgan fingerprint density at radius 3 is 2.50 bits per heavy atom. The molecule has 0 atom stereocenters. The van der Waals surface area contributed by atoms with E-state index in [-0.39, 0.29) is 18.0 Å². The highest BCUT2D eigenvalue weighted by Gasteiger charge is 2.14. The molecular formula is C13H10F2N2O3. The van der Waals surface area contributed by atoms with Crippen LogP contribution in [-0.4, -0.2) is 4.92 Å². The molecule has 0 aliphatic carbocycles. The van der Waals surface area contributed by atoms with E-state index in [0.717, 1.165) is 18.2 Å². The van der Waals surface area contributed by atoms with Crippen LogP contribution in [0.25, 0.3) is 0 Å². The summed E-state index contributed by atoms with van der Waals surface area (Å²) < 4.78 is 31.9. The van der Waals surface area contributed by atoms with Gasteiger partial charge in [0.25, 0.3) is 0 Å². The molecule has 2 aromatic carbocycles. The van der Waals surface area contributed by atoms with E-state index >= 15 is 0 Å². The lowest BCUT2D eigenvalue weighted by Gasteiger charge is -2.07. The van der Waals surface area contributed by atoms with E-state index in [0.29, 0.717) is 5.56 Å². The van der Waals surface area contributed by atoms with Crippen LogP contribution >= 0.6 is 0 Å². The van der Waals surface area contributed by atoms with Gasteiger partial charge in [0.2, 0.25) is 5.82 Å². The normalized spacial score (nSPS) is 10.3. The fourth-order valence-corrected chi connectivity index (χ4v) is 1.63. The molecule has 0 aliphatic rings. The molecule has 104 valence electrons. The first-order valence-corrected chi connectivity index (χ1v) is 5.61. The standard InChI is InChI=1S/C13H10F2N2O3/c14-9-3-8(7-16)4-11(5-9)20-10-1-2-13(17(18)19)12(15)6-10/h1-6H,7,16H2.